The Balaban J connectivity index is 1.58. The van der Waals surface area contributed by atoms with E-state index in [0.717, 1.165) is 16.7 Å². The summed E-state index contributed by atoms with van der Waals surface area (Å²) in [5, 5.41) is 10.9. The van der Waals surface area contributed by atoms with Gasteiger partial charge in [-0.05, 0) is 47.7 Å². The molecule has 3 aromatic rings. The fraction of sp³-hybridized carbons (Fsp3) is 0.300. The number of hydrogen-bond acceptors (Lipinski definition) is 3. The minimum absolute atomic E-state index is 0.111. The van der Waals surface area contributed by atoms with E-state index in [0.29, 0.717) is 25.1 Å². The Hall–Kier alpha value is -3.58. The molecule has 37 heavy (non-hydrogen) atoms. The molecule has 5 rings (SSSR count). The summed E-state index contributed by atoms with van der Waals surface area (Å²) < 4.78 is 42.1. The molecular weight excluding hydrogens is 479 g/mol. The van der Waals surface area contributed by atoms with Crippen LogP contribution in [0, 0.1) is 11.3 Å². The van der Waals surface area contributed by atoms with Gasteiger partial charge in [-0.25, -0.2) is 0 Å². The summed E-state index contributed by atoms with van der Waals surface area (Å²) in [7, 11) is 0. The number of hydrogen-bond donors (Lipinski definition) is 1. The number of carbonyl (C=O) groups is 1. The number of alkyl halides is 3. The molecule has 0 radical (unpaired) electrons. The molecular formula is C30H28F3NO3. The zero-order chi connectivity index (χ0) is 26.2. The van der Waals surface area contributed by atoms with Gasteiger partial charge in [0, 0.05) is 31.0 Å². The van der Waals surface area contributed by atoms with E-state index in [2.05, 4.69) is 22.6 Å². The zero-order valence-electron chi connectivity index (χ0n) is 20.4. The van der Waals surface area contributed by atoms with E-state index in [1.54, 1.807) is 12.1 Å². The van der Waals surface area contributed by atoms with Crippen LogP contribution in [0.2, 0.25) is 0 Å². The first-order chi connectivity index (χ1) is 17.7. The van der Waals surface area contributed by atoms with Gasteiger partial charge in [0.1, 0.15) is 5.75 Å². The van der Waals surface area contributed by atoms with Gasteiger partial charge in [0.05, 0.1) is 5.41 Å². The Kier molecular flexibility index (Phi) is 6.58. The van der Waals surface area contributed by atoms with Crippen molar-refractivity contribution in [2.75, 3.05) is 6.54 Å². The van der Waals surface area contributed by atoms with Crippen molar-refractivity contribution in [3.8, 4) is 5.75 Å². The molecule has 0 amide bonds. The molecule has 1 aliphatic heterocycles. The van der Waals surface area contributed by atoms with Crippen molar-refractivity contribution in [1.82, 2.24) is 4.90 Å². The Morgan fingerprint density at radius 2 is 1.62 bits per heavy atom. The molecule has 0 bridgehead atoms. The van der Waals surface area contributed by atoms with E-state index in [9.17, 15) is 23.1 Å². The molecule has 1 fully saturated rings. The molecule has 4 unspecified atom stereocenters. The summed E-state index contributed by atoms with van der Waals surface area (Å²) >= 11 is 0. The van der Waals surface area contributed by atoms with E-state index < -0.39 is 17.7 Å². The smallest absolute Gasteiger partial charge is 0.481 e. The quantitative estimate of drug-likeness (QED) is 0.401. The van der Waals surface area contributed by atoms with Crippen molar-refractivity contribution < 1.29 is 27.8 Å². The van der Waals surface area contributed by atoms with Crippen LogP contribution in [0.1, 0.15) is 36.0 Å². The number of rotatable bonds is 6. The molecule has 1 heterocycles. The van der Waals surface area contributed by atoms with Gasteiger partial charge >= 0.3 is 12.3 Å². The maximum Gasteiger partial charge on any atom is 0.573 e. The number of likely N-dealkylation sites (tertiary alicyclic amines) is 1. The minimum atomic E-state index is -4.77. The van der Waals surface area contributed by atoms with Crippen LogP contribution in [0.3, 0.4) is 0 Å². The van der Waals surface area contributed by atoms with E-state index in [4.69, 9.17) is 0 Å². The zero-order valence-corrected chi connectivity index (χ0v) is 20.4. The Morgan fingerprint density at radius 1 is 1.00 bits per heavy atom. The van der Waals surface area contributed by atoms with Crippen LogP contribution in [0.25, 0.3) is 5.57 Å². The second-order valence-electron chi connectivity index (χ2n) is 9.88. The lowest BCUT2D eigenvalue weighted by Gasteiger charge is -2.43. The second-order valence-corrected chi connectivity index (χ2v) is 9.88. The van der Waals surface area contributed by atoms with Gasteiger partial charge in [0.25, 0.3) is 0 Å². The van der Waals surface area contributed by atoms with Gasteiger partial charge in [-0.15, -0.1) is 13.2 Å². The third-order valence-corrected chi connectivity index (χ3v) is 7.86. The molecule has 7 heteroatoms. The first kappa shape index (κ1) is 25.1. The number of ether oxygens (including phenoxy) is 1. The summed E-state index contributed by atoms with van der Waals surface area (Å²) in [6.07, 6.45) is -2.18. The number of halogens is 3. The number of nitrogens with zero attached hydrogens (tertiary/aromatic N) is 1. The lowest BCUT2D eigenvalue weighted by atomic mass is 9.57. The van der Waals surface area contributed by atoms with Crippen molar-refractivity contribution >= 4 is 11.5 Å². The number of carboxylic acids is 1. The maximum atomic E-state index is 13.3. The van der Waals surface area contributed by atoms with Crippen LogP contribution in [0.4, 0.5) is 13.2 Å². The van der Waals surface area contributed by atoms with Crippen molar-refractivity contribution in [3.63, 3.8) is 0 Å². The van der Waals surface area contributed by atoms with Crippen molar-refractivity contribution in [2.24, 2.45) is 11.3 Å². The predicted octanol–water partition coefficient (Wildman–Crippen LogP) is 6.75. The fourth-order valence-corrected chi connectivity index (χ4v) is 6.30. The van der Waals surface area contributed by atoms with E-state index >= 15 is 0 Å². The molecule has 4 atom stereocenters. The van der Waals surface area contributed by atoms with Crippen molar-refractivity contribution in [3.05, 3.63) is 108 Å². The standard InChI is InChI=1S/C30H28F3NO3/c1-20-27-25(22-12-14-24(15-13-22)37-30(31,32)33)16-17-26(23-10-6-3-7-11-23)29(27,28(35)36)19-34(20)18-21-8-4-2-5-9-21/h2-16,20,26-27H,17-19H2,1H3,(H,35,36). The normalized spacial score (nSPS) is 25.8. The third-order valence-electron chi connectivity index (χ3n) is 7.86. The molecule has 4 nitrogen and oxygen atoms in total. The van der Waals surface area contributed by atoms with Crippen LogP contribution in [0.5, 0.6) is 5.75 Å². The lowest BCUT2D eigenvalue weighted by molar-refractivity contribution is -0.274. The second kappa shape index (κ2) is 9.71. The molecule has 1 N–H and O–H groups in total. The highest BCUT2D eigenvalue weighted by Gasteiger charge is 2.62. The van der Waals surface area contributed by atoms with Crippen molar-refractivity contribution in [2.45, 2.75) is 38.2 Å². The Bertz CT molecular complexity index is 1270. The summed E-state index contributed by atoms with van der Waals surface area (Å²) in [6, 6.07) is 25.4. The molecule has 2 aliphatic rings. The van der Waals surface area contributed by atoms with Crippen LogP contribution in [-0.4, -0.2) is 34.9 Å². The average molecular weight is 508 g/mol. The minimum Gasteiger partial charge on any atom is -0.481 e. The van der Waals surface area contributed by atoms with E-state index in [1.165, 1.54) is 12.1 Å². The van der Waals surface area contributed by atoms with Crippen LogP contribution in [0.15, 0.2) is 91.0 Å². The third kappa shape index (κ3) is 4.76. The highest BCUT2D eigenvalue weighted by atomic mass is 19.4. The van der Waals surface area contributed by atoms with Crippen molar-refractivity contribution in [1.29, 1.82) is 0 Å². The monoisotopic (exact) mass is 507 g/mol. The van der Waals surface area contributed by atoms with Gasteiger partial charge in [-0.1, -0.05) is 78.9 Å². The predicted molar refractivity (Wildman–Crippen MR) is 135 cm³/mol. The first-order valence-electron chi connectivity index (χ1n) is 12.3. The molecule has 1 saturated heterocycles. The lowest BCUT2D eigenvalue weighted by Crippen LogP contribution is -2.47. The first-order valence-corrected chi connectivity index (χ1v) is 12.3. The molecule has 0 spiro atoms. The SMILES string of the molecule is CC1C2C(c3ccc(OC(F)(F)F)cc3)=CCC(c3ccccc3)C2(C(=O)O)CN1Cc1ccccc1. The van der Waals surface area contributed by atoms with E-state index in [1.807, 2.05) is 60.7 Å². The number of carboxylic acid groups (broad SMARTS) is 1. The summed E-state index contributed by atoms with van der Waals surface area (Å²) in [5.41, 5.74) is 2.55. The highest BCUT2D eigenvalue weighted by molar-refractivity contribution is 5.85. The van der Waals surface area contributed by atoms with Crippen LogP contribution < -0.4 is 4.74 Å². The maximum absolute atomic E-state index is 13.3. The van der Waals surface area contributed by atoms with E-state index in [-0.39, 0.29) is 23.6 Å². The molecule has 1 aliphatic carbocycles. The van der Waals surface area contributed by atoms with Gasteiger partial charge in [0.15, 0.2) is 0 Å². The average Bonchev–Trinajstić information content (AvgIpc) is 3.17. The number of aliphatic carboxylic acids is 1. The van der Waals surface area contributed by atoms with Gasteiger partial charge < -0.3 is 9.84 Å². The number of allylic oxidation sites excluding steroid dienone is 1. The van der Waals surface area contributed by atoms with Crippen LogP contribution >= 0.6 is 0 Å². The highest BCUT2D eigenvalue weighted by Crippen LogP contribution is 2.59. The number of benzene rings is 3. The Morgan fingerprint density at radius 3 is 2.22 bits per heavy atom. The Labute approximate surface area is 214 Å². The molecule has 192 valence electrons. The molecule has 3 aromatic carbocycles. The topological polar surface area (TPSA) is 49.8 Å². The molecule has 0 aromatic heterocycles. The summed E-state index contributed by atoms with van der Waals surface area (Å²) in [5.74, 6) is -1.75. The summed E-state index contributed by atoms with van der Waals surface area (Å²) in [6.45, 7) is 3.04. The van der Waals surface area contributed by atoms with Crippen LogP contribution in [-0.2, 0) is 11.3 Å². The van der Waals surface area contributed by atoms with Gasteiger partial charge in [0.2, 0.25) is 0 Å². The largest absolute Gasteiger partial charge is 0.573 e. The summed E-state index contributed by atoms with van der Waals surface area (Å²) in [4.78, 5) is 15.5. The van der Waals surface area contributed by atoms with Gasteiger partial charge in [-0.3, -0.25) is 9.69 Å². The molecule has 0 saturated carbocycles. The number of fused-ring (bicyclic) bond motifs is 1. The fourth-order valence-electron chi connectivity index (χ4n) is 6.30. The van der Waals surface area contributed by atoms with Gasteiger partial charge in [-0.2, -0.15) is 0 Å².